The average Bonchev–Trinajstić information content (AvgIpc) is 3.42. The summed E-state index contributed by atoms with van der Waals surface area (Å²) in [7, 11) is 1.53. The zero-order valence-electron chi connectivity index (χ0n) is 16.8. The van der Waals surface area contributed by atoms with E-state index < -0.39 is 6.10 Å². The molecule has 0 spiro atoms. The van der Waals surface area contributed by atoms with Crippen molar-refractivity contribution in [3.8, 4) is 11.5 Å². The van der Waals surface area contributed by atoms with Crippen LogP contribution in [0, 0.1) is 0 Å². The molecule has 2 heterocycles. The van der Waals surface area contributed by atoms with Crippen molar-refractivity contribution in [2.24, 2.45) is 0 Å². The maximum Gasteiger partial charge on any atom is 0.264 e. The lowest BCUT2D eigenvalue weighted by atomic mass is 10.1. The van der Waals surface area contributed by atoms with Crippen LogP contribution in [0.1, 0.15) is 11.3 Å². The van der Waals surface area contributed by atoms with E-state index in [4.69, 9.17) is 25.5 Å². The van der Waals surface area contributed by atoms with Crippen LogP contribution in [0.25, 0.3) is 0 Å². The Hall–Kier alpha value is -3.45. The van der Waals surface area contributed by atoms with E-state index in [0.29, 0.717) is 34.4 Å². The van der Waals surface area contributed by atoms with Crippen molar-refractivity contribution in [1.82, 2.24) is 4.90 Å². The highest BCUT2D eigenvalue weighted by Gasteiger charge is 2.33. The predicted octanol–water partition coefficient (Wildman–Crippen LogP) is 3.91. The van der Waals surface area contributed by atoms with Crippen molar-refractivity contribution in [1.29, 1.82) is 0 Å². The van der Waals surface area contributed by atoms with Crippen LogP contribution in [0.15, 0.2) is 65.3 Å². The molecule has 0 saturated heterocycles. The van der Waals surface area contributed by atoms with Gasteiger partial charge in [0.2, 0.25) is 5.91 Å². The Bertz CT molecular complexity index is 1080. The fraction of sp³-hybridized carbons (Fsp3) is 0.217. The summed E-state index contributed by atoms with van der Waals surface area (Å²) in [5.41, 5.74) is 1.39. The summed E-state index contributed by atoms with van der Waals surface area (Å²) < 4.78 is 16.5. The summed E-state index contributed by atoms with van der Waals surface area (Å²) in [6, 6.07) is 15.8. The van der Waals surface area contributed by atoms with E-state index in [2.05, 4.69) is 5.32 Å². The minimum atomic E-state index is -0.734. The van der Waals surface area contributed by atoms with Gasteiger partial charge in [0.05, 0.1) is 25.6 Å². The Morgan fingerprint density at radius 2 is 2.03 bits per heavy atom. The summed E-state index contributed by atoms with van der Waals surface area (Å²) in [6.45, 7) is -0.0311. The average molecular weight is 441 g/mol. The van der Waals surface area contributed by atoms with Gasteiger partial charge >= 0.3 is 0 Å². The number of benzene rings is 2. The molecule has 2 amide bonds. The molecule has 1 aliphatic rings. The van der Waals surface area contributed by atoms with E-state index in [-0.39, 0.29) is 24.9 Å². The fourth-order valence-electron chi connectivity index (χ4n) is 3.47. The zero-order valence-corrected chi connectivity index (χ0v) is 17.6. The summed E-state index contributed by atoms with van der Waals surface area (Å²) in [5, 5.41) is 3.38. The molecule has 1 N–H and O–H groups in total. The van der Waals surface area contributed by atoms with Crippen LogP contribution in [0.4, 0.5) is 5.69 Å². The Labute approximate surface area is 184 Å². The van der Waals surface area contributed by atoms with Gasteiger partial charge in [0.25, 0.3) is 5.91 Å². The lowest BCUT2D eigenvalue weighted by molar-refractivity contribution is -0.141. The van der Waals surface area contributed by atoms with Crippen LogP contribution in [-0.4, -0.2) is 36.5 Å². The highest BCUT2D eigenvalue weighted by molar-refractivity contribution is 6.30. The number of carbonyl (C=O) groups is 2. The molecule has 0 bridgehead atoms. The molecule has 0 saturated carbocycles. The van der Waals surface area contributed by atoms with Crippen LogP contribution in [0.3, 0.4) is 0 Å². The Morgan fingerprint density at radius 3 is 2.81 bits per heavy atom. The first-order valence-electron chi connectivity index (χ1n) is 9.72. The zero-order chi connectivity index (χ0) is 21.8. The number of hydrogen-bond acceptors (Lipinski definition) is 5. The number of nitrogens with zero attached hydrogens (tertiary/aromatic N) is 1. The maximum absolute atomic E-state index is 13.3. The monoisotopic (exact) mass is 440 g/mol. The topological polar surface area (TPSA) is 81.0 Å². The molecule has 0 fully saturated rings. The lowest BCUT2D eigenvalue weighted by Gasteiger charge is -2.24. The number of carbonyl (C=O) groups excluding carboxylic acids is 2. The molecule has 0 radical (unpaired) electrons. The number of fused-ring (bicyclic) bond motifs is 1. The van der Waals surface area contributed by atoms with Crippen LogP contribution < -0.4 is 14.8 Å². The van der Waals surface area contributed by atoms with Gasteiger partial charge in [-0.3, -0.25) is 9.59 Å². The quantitative estimate of drug-likeness (QED) is 0.602. The van der Waals surface area contributed by atoms with E-state index in [1.807, 2.05) is 6.07 Å². The molecule has 0 aliphatic carbocycles. The van der Waals surface area contributed by atoms with Crippen molar-refractivity contribution >= 4 is 29.1 Å². The number of halogens is 1. The van der Waals surface area contributed by atoms with Gasteiger partial charge < -0.3 is 24.1 Å². The Balaban J connectivity index is 1.49. The van der Waals surface area contributed by atoms with Crippen LogP contribution >= 0.6 is 11.6 Å². The molecule has 1 atom stereocenters. The molecule has 160 valence electrons. The smallest absolute Gasteiger partial charge is 0.264 e. The summed E-state index contributed by atoms with van der Waals surface area (Å²) >= 11 is 6.05. The fourth-order valence-corrected chi connectivity index (χ4v) is 3.67. The van der Waals surface area contributed by atoms with Crippen LogP contribution in [-0.2, 0) is 22.6 Å². The van der Waals surface area contributed by atoms with Crippen molar-refractivity contribution in [3.63, 3.8) is 0 Å². The second-order valence-corrected chi connectivity index (χ2v) is 7.52. The molecule has 2 aromatic carbocycles. The first kappa shape index (κ1) is 20.8. The molecule has 1 aliphatic heterocycles. The third-order valence-corrected chi connectivity index (χ3v) is 5.16. The summed E-state index contributed by atoms with van der Waals surface area (Å²) in [6.07, 6.45) is 1.18. The summed E-state index contributed by atoms with van der Waals surface area (Å²) in [5.74, 6) is 1.06. The SMILES string of the molecule is COc1ccccc1NC(=O)CN(Cc1ccco1)C(=O)C1Cc2cc(Cl)ccc2O1. The summed E-state index contributed by atoms with van der Waals surface area (Å²) in [4.78, 5) is 27.4. The number of furan rings is 1. The van der Waals surface area contributed by atoms with Gasteiger partial charge in [-0.1, -0.05) is 23.7 Å². The van der Waals surface area contributed by atoms with Gasteiger partial charge in [-0.15, -0.1) is 0 Å². The molecule has 7 nitrogen and oxygen atoms in total. The molecule has 1 aromatic heterocycles. The van der Waals surface area contributed by atoms with Gasteiger partial charge in [-0.25, -0.2) is 0 Å². The minimum absolute atomic E-state index is 0.141. The molecule has 8 heteroatoms. The van der Waals surface area contributed by atoms with Crippen molar-refractivity contribution < 1.29 is 23.5 Å². The van der Waals surface area contributed by atoms with Gasteiger partial charge in [0, 0.05) is 11.4 Å². The molecule has 1 unspecified atom stereocenters. The number of para-hydroxylation sites is 2. The maximum atomic E-state index is 13.3. The molecule has 4 rings (SSSR count). The molecular formula is C23H21ClN2O5. The lowest BCUT2D eigenvalue weighted by Crippen LogP contribution is -2.44. The van der Waals surface area contributed by atoms with Crippen LogP contribution in [0.2, 0.25) is 5.02 Å². The first-order chi connectivity index (χ1) is 15.0. The Kier molecular flexibility index (Phi) is 6.13. The Morgan fingerprint density at radius 1 is 1.19 bits per heavy atom. The predicted molar refractivity (Wildman–Crippen MR) is 115 cm³/mol. The second-order valence-electron chi connectivity index (χ2n) is 7.08. The first-order valence-corrected chi connectivity index (χ1v) is 10.1. The van der Waals surface area contributed by atoms with Gasteiger partial charge in [0.15, 0.2) is 6.10 Å². The van der Waals surface area contributed by atoms with E-state index in [1.165, 1.54) is 18.3 Å². The van der Waals surface area contributed by atoms with E-state index >= 15 is 0 Å². The molecule has 3 aromatic rings. The molecular weight excluding hydrogens is 420 g/mol. The van der Waals surface area contributed by atoms with Gasteiger partial charge in [-0.2, -0.15) is 0 Å². The number of nitrogens with one attached hydrogen (secondary N) is 1. The number of hydrogen-bond donors (Lipinski definition) is 1. The standard InChI is InChI=1S/C23H21ClN2O5/c1-29-20-7-3-2-6-18(20)25-22(27)14-26(13-17-5-4-10-30-17)23(28)21-12-15-11-16(24)8-9-19(15)31-21/h2-11,21H,12-14H2,1H3,(H,25,27). The van der Waals surface area contributed by atoms with Crippen LogP contribution in [0.5, 0.6) is 11.5 Å². The van der Waals surface area contributed by atoms with Gasteiger partial charge in [0.1, 0.15) is 23.8 Å². The minimum Gasteiger partial charge on any atom is -0.495 e. The van der Waals surface area contributed by atoms with E-state index in [9.17, 15) is 9.59 Å². The number of ether oxygens (including phenoxy) is 2. The van der Waals surface area contributed by atoms with Crippen molar-refractivity contribution in [2.75, 3.05) is 19.0 Å². The second kappa shape index (κ2) is 9.14. The molecule has 31 heavy (non-hydrogen) atoms. The van der Waals surface area contributed by atoms with E-state index in [1.54, 1.807) is 48.5 Å². The number of methoxy groups -OCH3 is 1. The number of amides is 2. The highest BCUT2D eigenvalue weighted by Crippen LogP contribution is 2.32. The van der Waals surface area contributed by atoms with E-state index in [0.717, 1.165) is 5.56 Å². The number of anilines is 1. The van der Waals surface area contributed by atoms with Gasteiger partial charge in [-0.05, 0) is 48.0 Å². The third-order valence-electron chi connectivity index (χ3n) is 4.93. The third kappa shape index (κ3) is 4.83. The highest BCUT2D eigenvalue weighted by atomic mass is 35.5. The number of rotatable bonds is 7. The normalized spacial score (nSPS) is 14.5. The largest absolute Gasteiger partial charge is 0.495 e. The van der Waals surface area contributed by atoms with Crippen molar-refractivity contribution in [3.05, 3.63) is 77.2 Å². The van der Waals surface area contributed by atoms with Crippen molar-refractivity contribution in [2.45, 2.75) is 19.1 Å².